The number of carboxylic acid groups (broad SMARTS) is 1. The summed E-state index contributed by atoms with van der Waals surface area (Å²) in [6, 6.07) is 13.1. The Balaban J connectivity index is 1.34. The first-order valence-electron chi connectivity index (χ1n) is 23.8. The number of anilines is 1. The molecule has 18 heteroatoms. The summed E-state index contributed by atoms with van der Waals surface area (Å²) in [6.07, 6.45) is -0.839. The summed E-state index contributed by atoms with van der Waals surface area (Å²) in [4.78, 5) is 60.8. The molecule has 4 aromatic rings. The van der Waals surface area contributed by atoms with E-state index in [-0.39, 0.29) is 26.0 Å². The summed E-state index contributed by atoms with van der Waals surface area (Å²) in [5, 5.41) is 14.2. The van der Waals surface area contributed by atoms with Crippen molar-refractivity contribution in [2.75, 3.05) is 51.3 Å². The Labute approximate surface area is 401 Å². The average Bonchev–Trinajstić information content (AvgIpc) is 4.11. The van der Waals surface area contributed by atoms with E-state index in [2.05, 4.69) is 20.5 Å². The van der Waals surface area contributed by atoms with Crippen LogP contribution >= 0.6 is 0 Å². The van der Waals surface area contributed by atoms with E-state index >= 15 is 0 Å². The van der Waals surface area contributed by atoms with Crippen LogP contribution in [0.2, 0.25) is 0 Å². The number of pyridine rings is 1. The predicted molar refractivity (Wildman–Crippen MR) is 255 cm³/mol. The minimum Gasteiger partial charge on any atom is -0.480 e. The van der Waals surface area contributed by atoms with Gasteiger partial charge in [0, 0.05) is 81.1 Å². The zero-order chi connectivity index (χ0) is 50.0. The molecule has 0 unspecified atom stereocenters. The van der Waals surface area contributed by atoms with Gasteiger partial charge in [0.25, 0.3) is 5.91 Å². The van der Waals surface area contributed by atoms with E-state index in [1.165, 1.54) is 29.3 Å². The molecule has 2 saturated heterocycles. The van der Waals surface area contributed by atoms with Gasteiger partial charge in [-0.15, -0.1) is 0 Å². The molecule has 0 radical (unpaired) electrons. The van der Waals surface area contributed by atoms with Crippen molar-refractivity contribution in [2.24, 2.45) is 5.41 Å². The van der Waals surface area contributed by atoms with Gasteiger partial charge < -0.3 is 34.1 Å². The highest BCUT2D eigenvalue weighted by molar-refractivity contribution is 5.96. The van der Waals surface area contributed by atoms with E-state index in [4.69, 9.17) is 19.2 Å². The molecule has 3 atom stereocenters. The molecule has 2 aromatic carbocycles. The molecule has 2 aliphatic heterocycles. The van der Waals surface area contributed by atoms with Gasteiger partial charge in [0.15, 0.2) is 0 Å². The van der Waals surface area contributed by atoms with Gasteiger partial charge in [0.05, 0.1) is 36.0 Å². The number of hydrazine groups is 1. The van der Waals surface area contributed by atoms with Gasteiger partial charge in [0.1, 0.15) is 24.2 Å². The van der Waals surface area contributed by atoms with E-state index in [1.54, 1.807) is 58.3 Å². The topological polar surface area (TPSA) is 168 Å². The van der Waals surface area contributed by atoms with E-state index < -0.39 is 65.9 Å². The van der Waals surface area contributed by atoms with Crippen LogP contribution in [-0.4, -0.2) is 125 Å². The molecule has 374 valence electrons. The number of nitrogens with zero attached hydrogens (tertiary/aromatic N) is 5. The van der Waals surface area contributed by atoms with Crippen LogP contribution in [0.25, 0.3) is 33.3 Å². The Morgan fingerprint density at radius 2 is 1.65 bits per heavy atom. The number of nitrogens with one attached hydrogen (secondary N) is 2. The fourth-order valence-corrected chi connectivity index (χ4v) is 9.38. The second-order valence-corrected chi connectivity index (χ2v) is 20.4. The van der Waals surface area contributed by atoms with Crippen molar-refractivity contribution < 1.29 is 51.7 Å². The minimum atomic E-state index is -4.62. The molecule has 3 aliphatic rings. The molecule has 0 spiro atoms. The van der Waals surface area contributed by atoms with E-state index in [0.717, 1.165) is 31.9 Å². The maximum Gasteiger partial charge on any atom is 0.408 e. The van der Waals surface area contributed by atoms with E-state index in [9.17, 15) is 37.5 Å². The number of alkyl carbamates (subject to hydrolysis) is 1. The first-order chi connectivity index (χ1) is 32.5. The molecule has 0 bridgehead atoms. The molecule has 7 rings (SSSR count). The van der Waals surface area contributed by atoms with Gasteiger partial charge in [-0.25, -0.2) is 10.2 Å². The Morgan fingerprint density at radius 1 is 0.942 bits per heavy atom. The normalized spacial score (nSPS) is 18.2. The summed E-state index contributed by atoms with van der Waals surface area (Å²) in [5.74, 6) is -2.11. The number of halogens is 3. The summed E-state index contributed by atoms with van der Waals surface area (Å²) in [7, 11) is 1.54. The van der Waals surface area contributed by atoms with Crippen LogP contribution in [0, 0.1) is 5.41 Å². The van der Waals surface area contributed by atoms with Crippen LogP contribution < -0.4 is 15.6 Å². The third kappa shape index (κ3) is 12.9. The van der Waals surface area contributed by atoms with Crippen molar-refractivity contribution in [3.05, 3.63) is 71.5 Å². The number of piperazine rings is 1. The Morgan fingerprint density at radius 3 is 2.29 bits per heavy atom. The van der Waals surface area contributed by atoms with Crippen molar-refractivity contribution in [3.63, 3.8) is 0 Å². The first kappa shape index (κ1) is 51.1. The second-order valence-electron chi connectivity index (χ2n) is 20.4. The number of carbonyl (C=O) groups excluding carboxylic acids is 3. The fraction of sp³-hybridized carbons (Fsp3) is 0.549. The minimum absolute atomic E-state index is 0.00516. The van der Waals surface area contributed by atoms with Gasteiger partial charge in [-0.1, -0.05) is 44.2 Å². The monoisotopic (exact) mass is 961 g/mol. The lowest BCUT2D eigenvalue weighted by Gasteiger charge is -2.36. The SMILES string of the molecule is CO[C@@H](C)c1ncc(N2CCN(C3CC3)CC2)cc1-c1c(CC(C)(C)COC(C)=O)c2cc(-c3cccc(C[C@H](NC(=O)OC(C)(C)C)C(=O)N4CCC[C@@H](C(=O)O)N4)c3)ccc2n1CC(F)(F)F. The molecule has 1 aliphatic carbocycles. The predicted octanol–water partition coefficient (Wildman–Crippen LogP) is 8.07. The van der Waals surface area contributed by atoms with Gasteiger partial charge in [0.2, 0.25) is 0 Å². The maximum atomic E-state index is 15.0. The van der Waals surface area contributed by atoms with Crippen molar-refractivity contribution in [1.29, 1.82) is 0 Å². The second kappa shape index (κ2) is 20.7. The first-order valence-corrected chi connectivity index (χ1v) is 23.8. The molecule has 69 heavy (non-hydrogen) atoms. The highest BCUT2D eigenvalue weighted by atomic mass is 19.4. The average molecular weight is 962 g/mol. The Hall–Kier alpha value is -5.72. The molecule has 4 heterocycles. The number of esters is 1. The molecular formula is C51H66F3N7O8. The van der Waals surface area contributed by atoms with Gasteiger partial charge in [-0.2, -0.15) is 13.2 Å². The van der Waals surface area contributed by atoms with Crippen molar-refractivity contribution in [1.82, 2.24) is 30.2 Å². The third-order valence-electron chi connectivity index (χ3n) is 12.9. The zero-order valence-corrected chi connectivity index (χ0v) is 40.9. The van der Waals surface area contributed by atoms with Crippen LogP contribution in [0.4, 0.5) is 23.7 Å². The molecule has 3 N–H and O–H groups in total. The number of rotatable bonds is 16. The molecule has 1 saturated carbocycles. The number of hydrogen-bond donors (Lipinski definition) is 3. The molecule has 3 fully saturated rings. The van der Waals surface area contributed by atoms with Crippen LogP contribution in [-0.2, 0) is 48.0 Å². The number of amides is 2. The Bertz CT molecular complexity index is 2530. The smallest absolute Gasteiger partial charge is 0.408 e. The number of carboxylic acids is 1. The fourth-order valence-electron chi connectivity index (χ4n) is 9.38. The highest BCUT2D eigenvalue weighted by Crippen LogP contribution is 2.44. The number of fused-ring (bicyclic) bond motifs is 1. The summed E-state index contributed by atoms with van der Waals surface area (Å²) in [6.45, 7) is 14.3. The summed E-state index contributed by atoms with van der Waals surface area (Å²) in [5.41, 5.74) is 6.31. The zero-order valence-electron chi connectivity index (χ0n) is 40.9. The number of carbonyl (C=O) groups is 4. The number of ether oxygens (including phenoxy) is 3. The van der Waals surface area contributed by atoms with Gasteiger partial charge in [-0.3, -0.25) is 29.3 Å². The molecular weight excluding hydrogens is 896 g/mol. The number of methoxy groups -OCH3 is 1. The van der Waals surface area contributed by atoms with Crippen molar-refractivity contribution in [2.45, 2.75) is 130 Å². The molecule has 2 aromatic heterocycles. The van der Waals surface area contributed by atoms with Crippen LogP contribution in [0.3, 0.4) is 0 Å². The lowest BCUT2D eigenvalue weighted by atomic mass is 9.84. The number of hydrogen-bond acceptors (Lipinski definition) is 11. The lowest BCUT2D eigenvalue weighted by molar-refractivity contribution is -0.148. The van der Waals surface area contributed by atoms with E-state index in [0.29, 0.717) is 69.0 Å². The molecule has 2 amide bonds. The largest absolute Gasteiger partial charge is 0.480 e. The maximum absolute atomic E-state index is 15.0. The highest BCUT2D eigenvalue weighted by Gasteiger charge is 2.37. The lowest BCUT2D eigenvalue weighted by Crippen LogP contribution is -2.60. The molecule has 15 nitrogen and oxygen atoms in total. The van der Waals surface area contributed by atoms with Gasteiger partial charge >= 0.3 is 24.2 Å². The van der Waals surface area contributed by atoms with Crippen molar-refractivity contribution in [3.8, 4) is 22.4 Å². The Kier molecular flexibility index (Phi) is 15.3. The summed E-state index contributed by atoms with van der Waals surface area (Å²) < 4.78 is 63.1. The van der Waals surface area contributed by atoms with Crippen LogP contribution in [0.5, 0.6) is 0 Å². The van der Waals surface area contributed by atoms with E-state index in [1.807, 2.05) is 45.0 Å². The van der Waals surface area contributed by atoms with Crippen molar-refractivity contribution >= 4 is 40.5 Å². The number of aliphatic carboxylic acids is 1. The third-order valence-corrected chi connectivity index (χ3v) is 12.9. The standard InChI is InChI=1S/C51H66F3N7O8/c1-31(67-8)44-39(26-37(28-55-44)59-21-19-58(20-22-59)36-15-16-36)45-40(27-50(6,7)30-68-32(2)62)38-25-35(14-17-43(38)60(45)29-51(52,53)54)34-12-9-11-33(23-34)24-42(56-48(66)69-49(3,4)5)46(63)61-18-10-13-41(57-61)47(64)65/h9,11-12,14,17,23,25-26,28,31,36,41-42,57H,10,13,15-16,18-22,24,27,29-30H2,1-8H3,(H,56,66)(H,64,65)/t31-,41-,42-/m0/s1. The van der Waals surface area contributed by atoms with Gasteiger partial charge in [-0.05, 0) is 100 Å². The van der Waals surface area contributed by atoms with Crippen LogP contribution in [0.1, 0.15) is 97.1 Å². The van der Waals surface area contributed by atoms with Crippen LogP contribution in [0.15, 0.2) is 54.7 Å². The summed E-state index contributed by atoms with van der Waals surface area (Å²) >= 11 is 0. The number of benzene rings is 2. The number of aromatic nitrogens is 2. The quantitative estimate of drug-likeness (QED) is 0.0926. The number of alkyl halides is 3.